The molecule has 1 N–H and O–H groups in total. The molecule has 0 aromatic carbocycles. The van der Waals surface area contributed by atoms with Gasteiger partial charge in [-0.3, -0.25) is 0 Å². The van der Waals surface area contributed by atoms with Gasteiger partial charge in [-0.15, -0.1) is 0 Å². The molecule has 2 aliphatic rings. The standard InChI is InChI=1S/C12H15FN2/c1-8-6-9(2)10(3)15-11(14-7-8)12(13)4-5-12/h6-7H,3-5H2,1-2H3,(H,14,15)/b8-7-,9-6-. The van der Waals surface area contributed by atoms with Gasteiger partial charge in [-0.1, -0.05) is 12.7 Å². The number of nitrogens with zero attached hydrogens (tertiary/aromatic N) is 1. The minimum Gasteiger partial charge on any atom is -0.341 e. The van der Waals surface area contributed by atoms with Crippen molar-refractivity contribution in [2.45, 2.75) is 32.4 Å². The number of rotatable bonds is 1. The first-order valence-corrected chi connectivity index (χ1v) is 5.10. The van der Waals surface area contributed by atoms with Gasteiger partial charge in [0.05, 0.1) is 0 Å². The Morgan fingerprint density at radius 1 is 1.47 bits per heavy atom. The predicted molar refractivity (Wildman–Crippen MR) is 60.3 cm³/mol. The Balaban J connectivity index is 2.33. The van der Waals surface area contributed by atoms with E-state index in [-0.39, 0.29) is 0 Å². The van der Waals surface area contributed by atoms with Crippen molar-refractivity contribution >= 4 is 5.84 Å². The lowest BCUT2D eigenvalue weighted by Crippen LogP contribution is -2.33. The van der Waals surface area contributed by atoms with E-state index in [0.29, 0.717) is 18.7 Å². The van der Waals surface area contributed by atoms with Crippen LogP contribution in [0.4, 0.5) is 4.39 Å². The Hall–Kier alpha value is -1.38. The van der Waals surface area contributed by atoms with Crippen LogP contribution in [0.5, 0.6) is 0 Å². The molecule has 1 fully saturated rings. The number of aliphatic imine (C=N–C) groups is 1. The lowest BCUT2D eigenvalue weighted by Gasteiger charge is -2.16. The van der Waals surface area contributed by atoms with Crippen LogP contribution in [-0.2, 0) is 0 Å². The molecule has 0 bridgehead atoms. The molecule has 1 heterocycles. The van der Waals surface area contributed by atoms with Gasteiger partial charge in [0.15, 0.2) is 5.67 Å². The minimum atomic E-state index is -1.24. The van der Waals surface area contributed by atoms with E-state index in [0.717, 1.165) is 16.8 Å². The van der Waals surface area contributed by atoms with E-state index >= 15 is 0 Å². The third kappa shape index (κ3) is 2.01. The molecule has 2 nitrogen and oxygen atoms in total. The third-order valence-electron chi connectivity index (χ3n) is 2.70. The second-order valence-corrected chi connectivity index (χ2v) is 4.25. The summed E-state index contributed by atoms with van der Waals surface area (Å²) in [6.45, 7) is 7.77. The first kappa shape index (κ1) is 10.1. The summed E-state index contributed by atoms with van der Waals surface area (Å²) in [6.07, 6.45) is 4.79. The van der Waals surface area contributed by atoms with E-state index in [9.17, 15) is 4.39 Å². The van der Waals surface area contributed by atoms with Gasteiger partial charge in [0.2, 0.25) is 0 Å². The van der Waals surface area contributed by atoms with Crippen LogP contribution in [0.1, 0.15) is 26.7 Å². The fourth-order valence-corrected chi connectivity index (χ4v) is 1.48. The molecule has 0 spiro atoms. The Bertz CT molecular complexity index is 398. The monoisotopic (exact) mass is 206 g/mol. The molecule has 0 aromatic heterocycles. The number of hydrogen-bond donors (Lipinski definition) is 1. The molecule has 3 heteroatoms. The van der Waals surface area contributed by atoms with E-state index in [1.807, 2.05) is 19.9 Å². The van der Waals surface area contributed by atoms with Crippen molar-refractivity contribution in [3.63, 3.8) is 0 Å². The first-order valence-electron chi connectivity index (χ1n) is 5.10. The second-order valence-electron chi connectivity index (χ2n) is 4.25. The lowest BCUT2D eigenvalue weighted by atomic mass is 10.1. The molecule has 0 atom stereocenters. The summed E-state index contributed by atoms with van der Waals surface area (Å²) in [4.78, 5) is 4.15. The van der Waals surface area contributed by atoms with Crippen molar-refractivity contribution in [3.05, 3.63) is 35.7 Å². The molecule has 0 saturated heterocycles. The molecule has 1 aliphatic heterocycles. The molecule has 0 aromatic rings. The van der Waals surface area contributed by atoms with E-state index in [2.05, 4.69) is 16.9 Å². The molecular formula is C12H15FN2. The molecule has 0 radical (unpaired) electrons. The summed E-state index contributed by atoms with van der Waals surface area (Å²) in [5.41, 5.74) is 1.51. The first-order chi connectivity index (χ1) is 7.01. The van der Waals surface area contributed by atoms with E-state index < -0.39 is 5.67 Å². The highest BCUT2D eigenvalue weighted by atomic mass is 19.1. The second kappa shape index (κ2) is 3.33. The SMILES string of the molecule is C=C1NC(C2(F)CC2)=N/C=C(C)\C=C/1C. The van der Waals surface area contributed by atoms with Crippen molar-refractivity contribution in [1.82, 2.24) is 5.32 Å². The van der Waals surface area contributed by atoms with Crippen molar-refractivity contribution < 1.29 is 4.39 Å². The molecule has 1 saturated carbocycles. The highest BCUT2D eigenvalue weighted by molar-refractivity contribution is 5.95. The highest BCUT2D eigenvalue weighted by Crippen LogP contribution is 2.41. The quantitative estimate of drug-likeness (QED) is 0.701. The molecule has 80 valence electrons. The molecule has 0 unspecified atom stereocenters. The molecule has 1 aliphatic carbocycles. The molecule has 2 rings (SSSR count). The predicted octanol–water partition coefficient (Wildman–Crippen LogP) is 2.85. The number of alkyl halides is 1. The van der Waals surface area contributed by atoms with Gasteiger partial charge in [0, 0.05) is 11.9 Å². The Morgan fingerprint density at radius 2 is 2.13 bits per heavy atom. The van der Waals surface area contributed by atoms with Crippen LogP contribution in [0.3, 0.4) is 0 Å². The van der Waals surface area contributed by atoms with Crippen LogP contribution in [0.15, 0.2) is 40.7 Å². The van der Waals surface area contributed by atoms with Crippen molar-refractivity contribution in [1.29, 1.82) is 0 Å². The Labute approximate surface area is 89.3 Å². The summed E-state index contributed by atoms with van der Waals surface area (Å²) in [5, 5.41) is 2.96. The summed E-state index contributed by atoms with van der Waals surface area (Å²) in [7, 11) is 0. The summed E-state index contributed by atoms with van der Waals surface area (Å²) in [5.74, 6) is 0.402. The largest absolute Gasteiger partial charge is 0.341 e. The van der Waals surface area contributed by atoms with Gasteiger partial charge in [-0.25, -0.2) is 9.38 Å². The number of nitrogens with one attached hydrogen (secondary N) is 1. The van der Waals surface area contributed by atoms with Gasteiger partial charge in [-0.2, -0.15) is 0 Å². The molecular weight excluding hydrogens is 191 g/mol. The average molecular weight is 206 g/mol. The zero-order valence-corrected chi connectivity index (χ0v) is 9.10. The summed E-state index contributed by atoms with van der Waals surface area (Å²) >= 11 is 0. The van der Waals surface area contributed by atoms with Crippen LogP contribution >= 0.6 is 0 Å². The lowest BCUT2D eigenvalue weighted by molar-refractivity contribution is 0.399. The third-order valence-corrected chi connectivity index (χ3v) is 2.70. The van der Waals surface area contributed by atoms with E-state index in [4.69, 9.17) is 0 Å². The van der Waals surface area contributed by atoms with Gasteiger partial charge in [0.1, 0.15) is 5.84 Å². The smallest absolute Gasteiger partial charge is 0.168 e. The van der Waals surface area contributed by atoms with Gasteiger partial charge < -0.3 is 5.32 Å². The summed E-state index contributed by atoms with van der Waals surface area (Å²) < 4.78 is 13.8. The normalized spacial score (nSPS) is 31.1. The molecule has 15 heavy (non-hydrogen) atoms. The van der Waals surface area contributed by atoms with Crippen molar-refractivity contribution in [2.24, 2.45) is 4.99 Å². The summed E-state index contributed by atoms with van der Waals surface area (Å²) in [6, 6.07) is 0. The molecule has 0 amide bonds. The number of amidine groups is 1. The van der Waals surface area contributed by atoms with Crippen LogP contribution in [-0.4, -0.2) is 11.5 Å². The fourth-order valence-electron chi connectivity index (χ4n) is 1.48. The highest BCUT2D eigenvalue weighted by Gasteiger charge is 2.48. The maximum absolute atomic E-state index is 13.8. The number of hydrogen-bond acceptors (Lipinski definition) is 2. The van der Waals surface area contributed by atoms with Crippen LogP contribution in [0.2, 0.25) is 0 Å². The van der Waals surface area contributed by atoms with Crippen molar-refractivity contribution in [2.75, 3.05) is 0 Å². The maximum atomic E-state index is 13.8. The van der Waals surface area contributed by atoms with Crippen LogP contribution < -0.4 is 5.32 Å². The van der Waals surface area contributed by atoms with Crippen LogP contribution in [0.25, 0.3) is 0 Å². The van der Waals surface area contributed by atoms with E-state index in [1.54, 1.807) is 6.20 Å². The van der Waals surface area contributed by atoms with Gasteiger partial charge in [0.25, 0.3) is 0 Å². The Kier molecular flexibility index (Phi) is 2.25. The van der Waals surface area contributed by atoms with Crippen LogP contribution in [0, 0.1) is 0 Å². The van der Waals surface area contributed by atoms with Crippen molar-refractivity contribution in [3.8, 4) is 0 Å². The maximum Gasteiger partial charge on any atom is 0.168 e. The topological polar surface area (TPSA) is 24.4 Å². The fraction of sp³-hybridized carbons (Fsp3) is 0.417. The number of halogens is 1. The average Bonchev–Trinajstić information content (AvgIpc) is 2.89. The Morgan fingerprint density at radius 3 is 2.73 bits per heavy atom. The number of allylic oxidation sites excluding steroid dienone is 3. The van der Waals surface area contributed by atoms with Gasteiger partial charge >= 0.3 is 0 Å². The van der Waals surface area contributed by atoms with E-state index in [1.165, 1.54) is 0 Å². The van der Waals surface area contributed by atoms with Gasteiger partial charge in [-0.05, 0) is 37.8 Å². The zero-order chi connectivity index (χ0) is 11.1. The minimum absolute atomic E-state index is 0.402. The zero-order valence-electron chi connectivity index (χ0n) is 9.10.